The third-order valence-corrected chi connectivity index (χ3v) is 4.07. The second-order valence-electron chi connectivity index (χ2n) is 3.90. The van der Waals surface area contributed by atoms with Crippen LogP contribution in [0, 0.1) is 5.82 Å². The largest absolute Gasteiger partial charge is 0.378 e. The summed E-state index contributed by atoms with van der Waals surface area (Å²) in [6, 6.07) is 4.90. The Morgan fingerprint density at radius 2 is 1.88 bits per heavy atom. The number of rotatable bonds is 4. The normalized spacial score (nSPS) is 17.1. The zero-order valence-corrected chi connectivity index (χ0v) is 10.1. The smallest absolute Gasteiger partial charge is 0.246 e. The molecule has 90 valence electrons. The Morgan fingerprint density at radius 1 is 1.38 bits per heavy atom. The summed E-state index contributed by atoms with van der Waals surface area (Å²) in [6.45, 7) is 0. The zero-order chi connectivity index (χ0) is 12.3. The minimum absolute atomic E-state index is 0.120. The monoisotopic (exact) mass is 247 g/mol. The van der Waals surface area contributed by atoms with Crippen molar-refractivity contribution in [3.8, 4) is 0 Å². The molecule has 1 aromatic rings. The average Bonchev–Trinajstić information content (AvgIpc) is 2.16. The van der Waals surface area contributed by atoms with E-state index in [9.17, 15) is 19.0 Å². The van der Waals surface area contributed by atoms with Gasteiger partial charge in [0.25, 0.3) is 0 Å². The summed E-state index contributed by atoms with van der Waals surface area (Å²) in [6.07, 6.45) is -0.120. The van der Waals surface area contributed by atoms with Gasteiger partial charge in [-0.15, -0.1) is 0 Å². The van der Waals surface area contributed by atoms with Crippen LogP contribution in [0.3, 0.4) is 0 Å². The van der Waals surface area contributed by atoms with E-state index in [1.54, 1.807) is 14.1 Å². The third-order valence-electron chi connectivity index (χ3n) is 2.04. The van der Waals surface area contributed by atoms with E-state index in [1.807, 2.05) is 0 Å². The molecule has 2 N–H and O–H groups in total. The van der Waals surface area contributed by atoms with E-state index in [2.05, 4.69) is 0 Å². The van der Waals surface area contributed by atoms with Gasteiger partial charge < -0.3 is 14.9 Å². The number of hydrogen-bond donors (Lipinski definition) is 2. The molecule has 1 aromatic carbocycles. The van der Waals surface area contributed by atoms with Crippen LogP contribution in [0.5, 0.6) is 0 Å². The van der Waals surface area contributed by atoms with E-state index < -0.39 is 19.0 Å². The molecule has 1 rings (SSSR count). The van der Waals surface area contributed by atoms with Crippen molar-refractivity contribution in [3.05, 3.63) is 35.6 Å². The molecule has 0 amide bonds. The number of benzene rings is 1. The molecule has 0 fully saturated rings. The molecule has 0 bridgehead atoms. The standard InChI is InChI=1S/C10H15FNO3P/c1-12(2)7-16(14,15)10(13)8-3-5-9(11)6-4-8/h3-6,10,13H,7H2,1-2H3,(H,14,15). The molecule has 2 atom stereocenters. The maximum atomic E-state index is 12.6. The van der Waals surface area contributed by atoms with E-state index in [0.29, 0.717) is 0 Å². The molecular formula is C10H15FNO3P. The maximum Gasteiger partial charge on any atom is 0.246 e. The average molecular weight is 247 g/mol. The summed E-state index contributed by atoms with van der Waals surface area (Å²) in [5.74, 6) is -1.92. The van der Waals surface area contributed by atoms with E-state index in [0.717, 1.165) is 12.1 Å². The Kier molecular flexibility index (Phi) is 4.21. The first kappa shape index (κ1) is 13.3. The summed E-state index contributed by atoms with van der Waals surface area (Å²) in [4.78, 5) is 11.2. The second kappa shape index (κ2) is 5.06. The van der Waals surface area contributed by atoms with Crippen LogP contribution in [0.1, 0.15) is 11.4 Å². The van der Waals surface area contributed by atoms with Gasteiger partial charge in [-0.25, -0.2) is 4.39 Å². The predicted octanol–water partition coefficient (Wildman–Crippen LogP) is 1.61. The quantitative estimate of drug-likeness (QED) is 0.793. The van der Waals surface area contributed by atoms with Crippen LogP contribution in [0.4, 0.5) is 4.39 Å². The second-order valence-corrected chi connectivity index (χ2v) is 6.19. The van der Waals surface area contributed by atoms with Crippen LogP contribution in [-0.4, -0.2) is 35.3 Å². The van der Waals surface area contributed by atoms with Crippen molar-refractivity contribution in [1.82, 2.24) is 4.90 Å². The first-order valence-electron chi connectivity index (χ1n) is 4.72. The highest BCUT2D eigenvalue weighted by Gasteiger charge is 2.30. The lowest BCUT2D eigenvalue weighted by Crippen LogP contribution is -2.16. The first-order valence-corrected chi connectivity index (χ1v) is 6.64. The Bertz CT molecular complexity index is 394. The topological polar surface area (TPSA) is 60.8 Å². The van der Waals surface area contributed by atoms with Crippen molar-refractivity contribution in [2.75, 3.05) is 20.4 Å². The lowest BCUT2D eigenvalue weighted by molar-refractivity contribution is 0.229. The van der Waals surface area contributed by atoms with Crippen molar-refractivity contribution in [2.24, 2.45) is 0 Å². The van der Waals surface area contributed by atoms with Crippen LogP contribution in [-0.2, 0) is 4.57 Å². The Balaban J connectivity index is 2.88. The van der Waals surface area contributed by atoms with Gasteiger partial charge in [0.05, 0.1) is 6.29 Å². The van der Waals surface area contributed by atoms with Crippen LogP contribution in [0.25, 0.3) is 0 Å². The van der Waals surface area contributed by atoms with Crippen LogP contribution < -0.4 is 0 Å². The number of aliphatic hydroxyl groups excluding tert-OH is 1. The van der Waals surface area contributed by atoms with Crippen molar-refractivity contribution in [1.29, 1.82) is 0 Å². The fraction of sp³-hybridized carbons (Fsp3) is 0.400. The predicted molar refractivity (Wildman–Crippen MR) is 59.7 cm³/mol. The third kappa shape index (κ3) is 3.39. The summed E-state index contributed by atoms with van der Waals surface area (Å²) >= 11 is 0. The lowest BCUT2D eigenvalue weighted by Gasteiger charge is -2.21. The molecule has 16 heavy (non-hydrogen) atoms. The van der Waals surface area contributed by atoms with E-state index in [1.165, 1.54) is 17.0 Å². The van der Waals surface area contributed by atoms with Gasteiger partial charge in [-0.1, -0.05) is 12.1 Å². The molecule has 2 unspecified atom stereocenters. The highest BCUT2D eigenvalue weighted by molar-refractivity contribution is 7.58. The van der Waals surface area contributed by atoms with Crippen LogP contribution >= 0.6 is 7.37 Å². The van der Waals surface area contributed by atoms with Gasteiger partial charge in [-0.3, -0.25) is 4.57 Å². The highest BCUT2D eigenvalue weighted by Crippen LogP contribution is 2.53. The first-order chi connectivity index (χ1) is 7.33. The van der Waals surface area contributed by atoms with Gasteiger partial charge in [0, 0.05) is 0 Å². The summed E-state index contributed by atoms with van der Waals surface area (Å²) in [7, 11) is -0.439. The summed E-state index contributed by atoms with van der Waals surface area (Å²) < 4.78 is 24.4. The van der Waals surface area contributed by atoms with Gasteiger partial charge in [0.15, 0.2) is 5.85 Å². The molecule has 0 radical (unpaired) electrons. The van der Waals surface area contributed by atoms with Gasteiger partial charge in [0.1, 0.15) is 5.82 Å². The number of hydrogen-bond acceptors (Lipinski definition) is 3. The van der Waals surface area contributed by atoms with Gasteiger partial charge in [-0.2, -0.15) is 0 Å². The summed E-state index contributed by atoms with van der Waals surface area (Å²) in [5.41, 5.74) is 0.245. The van der Waals surface area contributed by atoms with Crippen molar-refractivity contribution in [3.63, 3.8) is 0 Å². The molecule has 0 aromatic heterocycles. The Morgan fingerprint density at radius 3 is 2.31 bits per heavy atom. The number of halogens is 1. The molecule has 0 aliphatic heterocycles. The number of nitrogens with zero attached hydrogens (tertiary/aromatic N) is 1. The molecule has 4 nitrogen and oxygen atoms in total. The lowest BCUT2D eigenvalue weighted by atomic mass is 10.2. The van der Waals surface area contributed by atoms with Crippen molar-refractivity contribution in [2.45, 2.75) is 5.85 Å². The zero-order valence-electron chi connectivity index (χ0n) is 9.17. The Hall–Kier alpha value is -0.740. The molecule has 0 saturated carbocycles. The SMILES string of the molecule is CN(C)CP(=O)(O)C(O)c1ccc(F)cc1. The fourth-order valence-electron chi connectivity index (χ4n) is 1.35. The molecule has 0 aliphatic carbocycles. The fourth-order valence-corrected chi connectivity index (χ4v) is 2.95. The molecular weight excluding hydrogens is 232 g/mol. The van der Waals surface area contributed by atoms with E-state index >= 15 is 0 Å². The number of aliphatic hydroxyl groups is 1. The molecule has 0 saturated heterocycles. The van der Waals surface area contributed by atoms with Gasteiger partial charge in [-0.05, 0) is 31.8 Å². The molecule has 0 heterocycles. The molecule has 6 heteroatoms. The van der Waals surface area contributed by atoms with Gasteiger partial charge >= 0.3 is 0 Å². The molecule has 0 aliphatic rings. The van der Waals surface area contributed by atoms with E-state index in [4.69, 9.17) is 0 Å². The maximum absolute atomic E-state index is 12.6. The van der Waals surface area contributed by atoms with Crippen LogP contribution in [0.2, 0.25) is 0 Å². The minimum Gasteiger partial charge on any atom is -0.378 e. The Labute approximate surface area is 93.8 Å². The highest BCUT2D eigenvalue weighted by atomic mass is 31.2. The molecule has 0 spiro atoms. The van der Waals surface area contributed by atoms with Gasteiger partial charge in [0.2, 0.25) is 7.37 Å². The minimum atomic E-state index is -3.72. The van der Waals surface area contributed by atoms with Crippen molar-refractivity contribution < 1.29 is 19.0 Å². The van der Waals surface area contributed by atoms with Crippen molar-refractivity contribution >= 4 is 7.37 Å². The van der Waals surface area contributed by atoms with Crippen LogP contribution in [0.15, 0.2) is 24.3 Å². The van der Waals surface area contributed by atoms with E-state index in [-0.39, 0.29) is 11.8 Å². The summed E-state index contributed by atoms with van der Waals surface area (Å²) in [5, 5.41) is 9.73.